The molecule has 1 aliphatic carbocycles. The molecule has 4 rings (SSSR count). The first kappa shape index (κ1) is 14.6. The molecule has 0 atom stereocenters. The normalized spacial score (nSPS) is 16.2. The molecule has 23 heavy (non-hydrogen) atoms. The second-order valence-electron chi connectivity index (χ2n) is 5.69. The lowest BCUT2D eigenvalue weighted by atomic mass is 10.2. The maximum absolute atomic E-state index is 12.8. The standard InChI is InChI=1S/C15H16N4O2S2/c20-23(21,10-3-1-2-4-10)11-5-6-13-12(9-11)14(19-18-13)17-15-16-7-8-22-15/h5-10H,1-4H2,(H2,16,17,18,19). The van der Waals surface area contributed by atoms with Crippen molar-refractivity contribution in [3.05, 3.63) is 29.8 Å². The van der Waals surface area contributed by atoms with Crippen LogP contribution in [0.1, 0.15) is 25.7 Å². The Balaban J connectivity index is 1.74. The number of benzene rings is 1. The Kier molecular flexibility index (Phi) is 3.57. The topological polar surface area (TPSA) is 87.7 Å². The molecule has 0 amide bonds. The van der Waals surface area contributed by atoms with Crippen LogP contribution < -0.4 is 5.32 Å². The monoisotopic (exact) mass is 348 g/mol. The van der Waals surface area contributed by atoms with Crippen LogP contribution in [0.2, 0.25) is 0 Å². The molecule has 2 aromatic heterocycles. The molecular formula is C15H16N4O2S2. The van der Waals surface area contributed by atoms with Gasteiger partial charge in [-0.25, -0.2) is 13.4 Å². The van der Waals surface area contributed by atoms with Gasteiger partial charge in [0.1, 0.15) is 0 Å². The molecule has 0 radical (unpaired) electrons. The van der Waals surface area contributed by atoms with Crippen LogP contribution in [0.15, 0.2) is 34.7 Å². The van der Waals surface area contributed by atoms with Gasteiger partial charge >= 0.3 is 0 Å². The van der Waals surface area contributed by atoms with Gasteiger partial charge in [0.15, 0.2) is 20.8 Å². The molecule has 1 fully saturated rings. The van der Waals surface area contributed by atoms with Crippen LogP contribution in [-0.4, -0.2) is 28.8 Å². The number of rotatable bonds is 4. The van der Waals surface area contributed by atoms with E-state index in [4.69, 9.17) is 0 Å². The maximum atomic E-state index is 12.8. The van der Waals surface area contributed by atoms with Crippen molar-refractivity contribution >= 4 is 43.0 Å². The Morgan fingerprint density at radius 3 is 2.83 bits per heavy atom. The Morgan fingerprint density at radius 2 is 2.09 bits per heavy atom. The highest BCUT2D eigenvalue weighted by molar-refractivity contribution is 7.92. The van der Waals surface area contributed by atoms with Crippen LogP contribution in [0.5, 0.6) is 0 Å². The fraction of sp³-hybridized carbons (Fsp3) is 0.333. The van der Waals surface area contributed by atoms with Crippen molar-refractivity contribution in [2.24, 2.45) is 0 Å². The van der Waals surface area contributed by atoms with E-state index in [9.17, 15) is 8.42 Å². The zero-order valence-corrected chi connectivity index (χ0v) is 14.0. The third-order valence-corrected chi connectivity index (χ3v) is 7.21. The fourth-order valence-electron chi connectivity index (χ4n) is 3.04. The van der Waals surface area contributed by atoms with Crippen LogP contribution in [0, 0.1) is 0 Å². The van der Waals surface area contributed by atoms with Crippen molar-refractivity contribution in [2.45, 2.75) is 35.8 Å². The fourth-order valence-corrected chi connectivity index (χ4v) is 5.45. The summed E-state index contributed by atoms with van der Waals surface area (Å²) in [5.41, 5.74) is 0.800. The second-order valence-corrected chi connectivity index (χ2v) is 8.82. The number of anilines is 2. The van der Waals surface area contributed by atoms with Gasteiger partial charge in [0.2, 0.25) is 0 Å². The van der Waals surface area contributed by atoms with Gasteiger partial charge in [-0.2, -0.15) is 5.10 Å². The quantitative estimate of drug-likeness (QED) is 0.753. The van der Waals surface area contributed by atoms with Crippen molar-refractivity contribution in [3.63, 3.8) is 0 Å². The van der Waals surface area contributed by atoms with Crippen LogP contribution in [0.4, 0.5) is 10.9 Å². The Bertz CT molecular complexity index is 926. The van der Waals surface area contributed by atoms with E-state index in [1.807, 2.05) is 5.38 Å². The molecule has 120 valence electrons. The first-order valence-electron chi connectivity index (χ1n) is 7.53. The summed E-state index contributed by atoms with van der Waals surface area (Å²) < 4.78 is 25.5. The summed E-state index contributed by atoms with van der Waals surface area (Å²) >= 11 is 1.47. The molecule has 3 aromatic rings. The molecule has 0 saturated heterocycles. The molecule has 2 heterocycles. The molecular weight excluding hydrogens is 332 g/mol. The van der Waals surface area contributed by atoms with Crippen molar-refractivity contribution in [3.8, 4) is 0 Å². The van der Waals surface area contributed by atoms with Gasteiger partial charge in [0.05, 0.1) is 15.7 Å². The largest absolute Gasteiger partial charge is 0.314 e. The number of hydrogen-bond acceptors (Lipinski definition) is 6. The molecule has 6 nitrogen and oxygen atoms in total. The van der Waals surface area contributed by atoms with Crippen molar-refractivity contribution in [1.82, 2.24) is 15.2 Å². The first-order chi connectivity index (χ1) is 11.1. The van der Waals surface area contributed by atoms with E-state index in [-0.39, 0.29) is 5.25 Å². The molecule has 0 unspecified atom stereocenters. The summed E-state index contributed by atoms with van der Waals surface area (Å²) in [7, 11) is -3.27. The van der Waals surface area contributed by atoms with E-state index in [1.165, 1.54) is 11.3 Å². The summed E-state index contributed by atoms with van der Waals surface area (Å²) in [6, 6.07) is 5.15. The van der Waals surface area contributed by atoms with Crippen molar-refractivity contribution in [1.29, 1.82) is 0 Å². The minimum atomic E-state index is -3.27. The summed E-state index contributed by atoms with van der Waals surface area (Å²) in [6.45, 7) is 0. The molecule has 1 aliphatic rings. The number of aromatic nitrogens is 3. The summed E-state index contributed by atoms with van der Waals surface area (Å²) in [5.74, 6) is 0.596. The predicted octanol–water partition coefficient (Wildman–Crippen LogP) is 3.48. The number of hydrogen-bond donors (Lipinski definition) is 2. The number of fused-ring (bicyclic) bond motifs is 1. The molecule has 0 spiro atoms. The molecule has 8 heteroatoms. The molecule has 1 aromatic carbocycles. The van der Waals surface area contributed by atoms with Crippen LogP contribution in [-0.2, 0) is 9.84 Å². The average Bonchev–Trinajstić information content (AvgIpc) is 3.30. The lowest BCUT2D eigenvalue weighted by Gasteiger charge is -2.11. The van der Waals surface area contributed by atoms with Crippen LogP contribution >= 0.6 is 11.3 Å². The van der Waals surface area contributed by atoms with Gasteiger partial charge < -0.3 is 5.32 Å². The molecule has 0 aliphatic heterocycles. The number of H-pyrrole nitrogens is 1. The van der Waals surface area contributed by atoms with E-state index in [0.717, 1.165) is 41.7 Å². The minimum absolute atomic E-state index is 0.248. The third kappa shape index (κ3) is 2.61. The highest BCUT2D eigenvalue weighted by Gasteiger charge is 2.30. The lowest BCUT2D eigenvalue weighted by molar-refractivity contribution is 0.580. The van der Waals surface area contributed by atoms with Crippen LogP contribution in [0.25, 0.3) is 10.9 Å². The van der Waals surface area contributed by atoms with E-state index in [1.54, 1.807) is 24.4 Å². The number of aromatic amines is 1. The van der Waals surface area contributed by atoms with Crippen LogP contribution in [0.3, 0.4) is 0 Å². The van der Waals surface area contributed by atoms with E-state index in [0.29, 0.717) is 10.7 Å². The number of nitrogens with zero attached hydrogens (tertiary/aromatic N) is 2. The van der Waals surface area contributed by atoms with E-state index in [2.05, 4.69) is 20.5 Å². The number of nitrogens with one attached hydrogen (secondary N) is 2. The predicted molar refractivity (Wildman–Crippen MR) is 90.9 cm³/mol. The summed E-state index contributed by atoms with van der Waals surface area (Å²) in [5, 5.41) is 13.4. The van der Waals surface area contributed by atoms with Crippen molar-refractivity contribution < 1.29 is 8.42 Å². The average molecular weight is 348 g/mol. The maximum Gasteiger partial charge on any atom is 0.188 e. The Morgan fingerprint density at radius 1 is 1.26 bits per heavy atom. The van der Waals surface area contributed by atoms with Gasteiger partial charge in [-0.15, -0.1) is 11.3 Å². The molecule has 0 bridgehead atoms. The highest BCUT2D eigenvalue weighted by Crippen LogP contribution is 2.32. The first-order valence-corrected chi connectivity index (χ1v) is 9.96. The lowest BCUT2D eigenvalue weighted by Crippen LogP contribution is -2.17. The second kappa shape index (κ2) is 5.61. The highest BCUT2D eigenvalue weighted by atomic mass is 32.2. The molecule has 1 saturated carbocycles. The number of sulfone groups is 1. The minimum Gasteiger partial charge on any atom is -0.314 e. The SMILES string of the molecule is O=S(=O)(c1ccc2[nH]nc(Nc3nccs3)c2c1)C1CCCC1. The van der Waals surface area contributed by atoms with Gasteiger partial charge in [0, 0.05) is 17.0 Å². The molecule has 2 N–H and O–H groups in total. The zero-order valence-electron chi connectivity index (χ0n) is 12.3. The van der Waals surface area contributed by atoms with Crippen molar-refractivity contribution in [2.75, 3.05) is 5.32 Å². The summed E-state index contributed by atoms with van der Waals surface area (Å²) in [6.07, 6.45) is 5.22. The Labute approximate surface area is 137 Å². The van der Waals surface area contributed by atoms with Gasteiger partial charge in [-0.1, -0.05) is 12.8 Å². The van der Waals surface area contributed by atoms with E-state index >= 15 is 0 Å². The van der Waals surface area contributed by atoms with Gasteiger partial charge in [-0.05, 0) is 31.0 Å². The van der Waals surface area contributed by atoms with Gasteiger partial charge in [0.25, 0.3) is 0 Å². The van der Waals surface area contributed by atoms with Gasteiger partial charge in [-0.3, -0.25) is 5.10 Å². The third-order valence-electron chi connectivity index (χ3n) is 4.26. The zero-order chi connectivity index (χ0) is 15.9. The number of thiazole rings is 1. The summed E-state index contributed by atoms with van der Waals surface area (Å²) in [4.78, 5) is 4.54. The Hall–Kier alpha value is -1.93. The van der Waals surface area contributed by atoms with E-state index < -0.39 is 9.84 Å². The smallest absolute Gasteiger partial charge is 0.188 e.